The van der Waals surface area contributed by atoms with Crippen molar-refractivity contribution in [1.29, 1.82) is 0 Å². The molecule has 0 unspecified atom stereocenters. The van der Waals surface area contributed by atoms with Gasteiger partial charge in [-0.25, -0.2) is 0 Å². The molecule has 0 radical (unpaired) electrons. The van der Waals surface area contributed by atoms with Gasteiger partial charge in [0.05, 0.1) is 0 Å². The molecule has 0 amide bonds. The van der Waals surface area contributed by atoms with E-state index in [-0.39, 0.29) is 6.61 Å². The number of carbonyl (C=O) groups excluding carboxylic acids is 4. The second kappa shape index (κ2) is 10.0. The first-order valence-corrected chi connectivity index (χ1v) is 7.48. The fourth-order valence-electron chi connectivity index (χ4n) is 2.32. The molecular weight excluding hydrogens is 358 g/mol. The summed E-state index contributed by atoms with van der Waals surface area (Å²) in [7, 11) is 0. The van der Waals surface area contributed by atoms with E-state index in [1.807, 2.05) is 0 Å². The smallest absolute Gasteiger partial charge is 0.303 e. The van der Waals surface area contributed by atoms with E-state index in [4.69, 9.17) is 34.5 Å². The lowest BCUT2D eigenvalue weighted by Crippen LogP contribution is -2.63. The summed E-state index contributed by atoms with van der Waals surface area (Å²) in [4.78, 5) is 54.2. The Balaban J connectivity index is 3.22. The van der Waals surface area contributed by atoms with E-state index in [1.165, 1.54) is 0 Å². The Kier molecular flexibility index (Phi) is 8.38. The molecule has 12 nitrogen and oxygen atoms in total. The van der Waals surface area contributed by atoms with E-state index in [0.29, 0.717) is 0 Å². The molecule has 1 aliphatic rings. The first kappa shape index (κ1) is 21.8. The average molecular weight is 379 g/mol. The van der Waals surface area contributed by atoms with Crippen LogP contribution in [-0.4, -0.2) is 61.2 Å². The summed E-state index contributed by atoms with van der Waals surface area (Å²) in [6.07, 6.45) is -6.56. The molecule has 2 N–H and O–H groups in total. The maximum atomic E-state index is 11.5. The highest BCUT2D eigenvalue weighted by atomic mass is 17.3. The second-order valence-corrected chi connectivity index (χ2v) is 5.26. The standard InChI is InChI=1S/C14H21NO11/c1-6(16)20-5-10-11(21-7(2)17)12(22-8(3)18)13(23-9(4)19)14(24-10)25-26-15/h10-14H,5,15H2,1-4H3/t10-,11+,12+,13-,14+/m1/s1. The van der Waals surface area contributed by atoms with Crippen LogP contribution in [0.4, 0.5) is 0 Å². The minimum atomic E-state index is -1.46. The SMILES string of the molecule is CC(=O)OC[C@H]1O[C@@H](OON)[C@H](OC(C)=O)[C@@H](OC(C)=O)[C@H]1OC(C)=O. The van der Waals surface area contributed by atoms with Crippen LogP contribution < -0.4 is 5.90 Å². The molecule has 0 saturated carbocycles. The van der Waals surface area contributed by atoms with Gasteiger partial charge < -0.3 is 23.7 Å². The van der Waals surface area contributed by atoms with Gasteiger partial charge in [-0.1, -0.05) is 0 Å². The molecule has 5 atom stereocenters. The van der Waals surface area contributed by atoms with Crippen LogP contribution >= 0.6 is 0 Å². The molecule has 0 spiro atoms. The highest BCUT2D eigenvalue weighted by Crippen LogP contribution is 2.29. The molecule has 148 valence electrons. The number of esters is 4. The van der Waals surface area contributed by atoms with Gasteiger partial charge in [0.25, 0.3) is 0 Å². The zero-order chi connectivity index (χ0) is 19.9. The minimum absolute atomic E-state index is 0.373. The number of hydrogen-bond donors (Lipinski definition) is 1. The number of carbonyl (C=O) groups is 4. The van der Waals surface area contributed by atoms with Crippen LogP contribution in [0, 0.1) is 0 Å². The third kappa shape index (κ3) is 6.55. The Labute approximate surface area is 148 Å². The van der Waals surface area contributed by atoms with Crippen LogP contribution in [0.3, 0.4) is 0 Å². The second-order valence-electron chi connectivity index (χ2n) is 5.26. The number of nitrogens with two attached hydrogens (primary N) is 1. The van der Waals surface area contributed by atoms with Crippen molar-refractivity contribution in [3.8, 4) is 0 Å². The van der Waals surface area contributed by atoms with E-state index in [1.54, 1.807) is 0 Å². The maximum Gasteiger partial charge on any atom is 0.303 e. The van der Waals surface area contributed by atoms with Gasteiger partial charge in [0.1, 0.15) is 12.7 Å². The van der Waals surface area contributed by atoms with Crippen LogP contribution in [0.25, 0.3) is 0 Å². The molecule has 1 rings (SSSR count). The Morgan fingerprint density at radius 3 is 1.77 bits per heavy atom. The number of rotatable bonds is 7. The van der Waals surface area contributed by atoms with Gasteiger partial charge in [-0.2, -0.15) is 10.8 Å². The maximum absolute atomic E-state index is 11.5. The topological polar surface area (TPSA) is 159 Å². The molecule has 0 aromatic carbocycles. The Morgan fingerprint density at radius 2 is 1.31 bits per heavy atom. The quantitative estimate of drug-likeness (QED) is 0.246. The van der Waals surface area contributed by atoms with Crippen molar-refractivity contribution in [3.05, 3.63) is 0 Å². The third-order valence-corrected chi connectivity index (χ3v) is 3.10. The molecule has 1 aliphatic heterocycles. The molecule has 1 heterocycles. The first-order chi connectivity index (χ1) is 12.1. The summed E-state index contributed by atoms with van der Waals surface area (Å²) >= 11 is 0. The average Bonchev–Trinajstić information content (AvgIpc) is 2.50. The molecule has 12 heteroatoms. The molecule has 0 aromatic heterocycles. The van der Waals surface area contributed by atoms with Gasteiger partial charge in [-0.15, -0.1) is 4.99 Å². The molecule has 0 bridgehead atoms. The molecule has 1 saturated heterocycles. The Bertz CT molecular complexity index is 537. The van der Waals surface area contributed by atoms with E-state index in [2.05, 4.69) is 4.99 Å². The summed E-state index contributed by atoms with van der Waals surface area (Å²) in [6, 6.07) is 0. The molecule has 1 fully saturated rings. The van der Waals surface area contributed by atoms with Gasteiger partial charge in [0.2, 0.25) is 6.29 Å². The Hall–Kier alpha value is -2.28. The minimum Gasteiger partial charge on any atom is -0.463 e. The van der Waals surface area contributed by atoms with Gasteiger partial charge in [-0.05, 0) is 0 Å². The lowest BCUT2D eigenvalue weighted by Gasteiger charge is -2.43. The van der Waals surface area contributed by atoms with Crippen molar-refractivity contribution in [2.24, 2.45) is 5.90 Å². The van der Waals surface area contributed by atoms with Crippen molar-refractivity contribution in [1.82, 2.24) is 0 Å². The summed E-state index contributed by atoms with van der Waals surface area (Å²) in [5, 5.41) is 0. The van der Waals surface area contributed by atoms with Crippen LogP contribution in [0.2, 0.25) is 0 Å². The molecule has 26 heavy (non-hydrogen) atoms. The number of ether oxygens (including phenoxy) is 5. The van der Waals surface area contributed by atoms with Crippen molar-refractivity contribution in [2.45, 2.75) is 58.4 Å². The molecular formula is C14H21NO11. The molecule has 0 aromatic rings. The fraction of sp³-hybridized carbons (Fsp3) is 0.714. The zero-order valence-corrected chi connectivity index (χ0v) is 14.7. The fourth-order valence-corrected chi connectivity index (χ4v) is 2.32. The van der Waals surface area contributed by atoms with Crippen molar-refractivity contribution in [2.75, 3.05) is 6.61 Å². The van der Waals surface area contributed by atoms with Crippen LogP contribution in [0.1, 0.15) is 27.7 Å². The summed E-state index contributed by atoms with van der Waals surface area (Å²) in [5.74, 6) is 1.97. The van der Waals surface area contributed by atoms with E-state index in [9.17, 15) is 19.2 Å². The zero-order valence-electron chi connectivity index (χ0n) is 14.7. The number of hydrogen-bond acceptors (Lipinski definition) is 12. The summed E-state index contributed by atoms with van der Waals surface area (Å²) in [6.45, 7) is 4.09. The Morgan fingerprint density at radius 1 is 0.808 bits per heavy atom. The van der Waals surface area contributed by atoms with Crippen LogP contribution in [0.15, 0.2) is 0 Å². The van der Waals surface area contributed by atoms with Gasteiger partial charge in [0, 0.05) is 27.7 Å². The van der Waals surface area contributed by atoms with Gasteiger partial charge in [0.15, 0.2) is 18.3 Å². The van der Waals surface area contributed by atoms with E-state index < -0.39 is 54.6 Å². The van der Waals surface area contributed by atoms with Crippen molar-refractivity contribution < 1.29 is 52.7 Å². The summed E-state index contributed by atoms with van der Waals surface area (Å²) in [5.41, 5.74) is 0. The van der Waals surface area contributed by atoms with Crippen LogP contribution in [0.5, 0.6) is 0 Å². The normalized spacial score (nSPS) is 28.0. The highest BCUT2D eigenvalue weighted by molar-refractivity contribution is 5.68. The van der Waals surface area contributed by atoms with Crippen molar-refractivity contribution in [3.63, 3.8) is 0 Å². The molecule has 0 aliphatic carbocycles. The lowest BCUT2D eigenvalue weighted by atomic mass is 9.98. The first-order valence-electron chi connectivity index (χ1n) is 7.48. The predicted octanol–water partition coefficient (Wildman–Crippen LogP) is -1.11. The monoisotopic (exact) mass is 379 g/mol. The van der Waals surface area contributed by atoms with E-state index in [0.717, 1.165) is 27.7 Å². The van der Waals surface area contributed by atoms with E-state index >= 15 is 0 Å². The third-order valence-electron chi connectivity index (χ3n) is 3.10. The van der Waals surface area contributed by atoms with Crippen molar-refractivity contribution >= 4 is 23.9 Å². The van der Waals surface area contributed by atoms with Gasteiger partial charge >= 0.3 is 23.9 Å². The van der Waals surface area contributed by atoms with Crippen LogP contribution in [-0.2, 0) is 52.7 Å². The lowest BCUT2D eigenvalue weighted by molar-refractivity contribution is -0.428. The highest BCUT2D eigenvalue weighted by Gasteiger charge is 2.53. The predicted molar refractivity (Wildman–Crippen MR) is 78.3 cm³/mol. The summed E-state index contributed by atoms with van der Waals surface area (Å²) < 4.78 is 25.7. The largest absolute Gasteiger partial charge is 0.463 e. The van der Waals surface area contributed by atoms with Gasteiger partial charge in [-0.3, -0.25) is 19.2 Å².